The second-order valence-corrected chi connectivity index (χ2v) is 3.74. The van der Waals surface area contributed by atoms with Gasteiger partial charge in [0.15, 0.2) is 0 Å². The maximum atomic E-state index is 11.5. The molecule has 2 rings (SSSR count). The van der Waals surface area contributed by atoms with E-state index in [1.807, 2.05) is 6.07 Å². The lowest BCUT2D eigenvalue weighted by Crippen LogP contribution is -2.06. The molecule has 0 fully saturated rings. The summed E-state index contributed by atoms with van der Waals surface area (Å²) >= 11 is 3.29. The fourth-order valence-electron chi connectivity index (χ4n) is 1.08. The van der Waals surface area contributed by atoms with Crippen LogP contribution in [-0.4, -0.2) is 5.97 Å². The standard InChI is InChI=1S/C11H7BrO3/c12-8-3-1-4-9(7-8)15-11(13)10-5-2-6-14-10/h1-7H. The summed E-state index contributed by atoms with van der Waals surface area (Å²) in [4.78, 5) is 11.5. The summed E-state index contributed by atoms with van der Waals surface area (Å²) in [6.07, 6.45) is 1.43. The van der Waals surface area contributed by atoms with E-state index in [2.05, 4.69) is 15.9 Å². The molecule has 0 aliphatic heterocycles. The molecule has 0 unspecified atom stereocenters. The van der Waals surface area contributed by atoms with Gasteiger partial charge in [0, 0.05) is 4.47 Å². The van der Waals surface area contributed by atoms with E-state index in [0.717, 1.165) is 4.47 Å². The Morgan fingerprint density at radius 2 is 2.13 bits per heavy atom. The van der Waals surface area contributed by atoms with Crippen LogP contribution >= 0.6 is 15.9 Å². The molecule has 0 bridgehead atoms. The van der Waals surface area contributed by atoms with Crippen LogP contribution in [0.1, 0.15) is 10.6 Å². The Hall–Kier alpha value is -1.55. The van der Waals surface area contributed by atoms with Crippen LogP contribution in [0.15, 0.2) is 51.6 Å². The molecule has 0 saturated heterocycles. The van der Waals surface area contributed by atoms with Gasteiger partial charge in [-0.2, -0.15) is 0 Å². The topological polar surface area (TPSA) is 39.4 Å². The Morgan fingerprint density at radius 1 is 1.27 bits per heavy atom. The van der Waals surface area contributed by atoms with Crippen molar-refractivity contribution in [3.8, 4) is 5.75 Å². The first-order valence-electron chi connectivity index (χ1n) is 4.27. The maximum absolute atomic E-state index is 11.5. The Balaban J connectivity index is 2.13. The molecule has 0 radical (unpaired) electrons. The third-order valence-corrected chi connectivity index (χ3v) is 2.22. The second kappa shape index (κ2) is 4.31. The summed E-state index contributed by atoms with van der Waals surface area (Å²) in [7, 11) is 0. The number of ether oxygens (including phenoxy) is 1. The number of carbonyl (C=O) groups excluding carboxylic acids is 1. The van der Waals surface area contributed by atoms with Gasteiger partial charge < -0.3 is 9.15 Å². The largest absolute Gasteiger partial charge is 0.457 e. The molecule has 15 heavy (non-hydrogen) atoms. The van der Waals surface area contributed by atoms with Gasteiger partial charge >= 0.3 is 5.97 Å². The van der Waals surface area contributed by atoms with Crippen LogP contribution in [-0.2, 0) is 0 Å². The van der Waals surface area contributed by atoms with Gasteiger partial charge in [-0.25, -0.2) is 4.79 Å². The highest BCUT2D eigenvalue weighted by molar-refractivity contribution is 9.10. The fourth-order valence-corrected chi connectivity index (χ4v) is 1.46. The molecule has 3 nitrogen and oxygen atoms in total. The number of halogens is 1. The van der Waals surface area contributed by atoms with Crippen molar-refractivity contribution in [3.05, 3.63) is 52.9 Å². The third kappa shape index (κ3) is 2.47. The molecule has 1 aromatic heterocycles. The molecule has 76 valence electrons. The number of hydrogen-bond acceptors (Lipinski definition) is 3. The molecule has 1 heterocycles. The van der Waals surface area contributed by atoms with Crippen molar-refractivity contribution in [1.29, 1.82) is 0 Å². The minimum atomic E-state index is -0.502. The zero-order valence-electron chi connectivity index (χ0n) is 7.64. The summed E-state index contributed by atoms with van der Waals surface area (Å²) in [5, 5.41) is 0. The van der Waals surface area contributed by atoms with E-state index in [4.69, 9.17) is 9.15 Å². The molecule has 4 heteroatoms. The summed E-state index contributed by atoms with van der Waals surface area (Å²) in [6.45, 7) is 0. The predicted octanol–water partition coefficient (Wildman–Crippen LogP) is 3.26. The Kier molecular flexibility index (Phi) is 2.87. The number of hydrogen-bond donors (Lipinski definition) is 0. The highest BCUT2D eigenvalue weighted by Crippen LogP contribution is 2.18. The first-order chi connectivity index (χ1) is 7.25. The van der Waals surface area contributed by atoms with E-state index in [1.165, 1.54) is 6.26 Å². The van der Waals surface area contributed by atoms with Gasteiger partial charge in [0.25, 0.3) is 0 Å². The van der Waals surface area contributed by atoms with Crippen LogP contribution in [0.2, 0.25) is 0 Å². The van der Waals surface area contributed by atoms with E-state index < -0.39 is 5.97 Å². The summed E-state index contributed by atoms with van der Waals surface area (Å²) < 4.78 is 10.8. The smallest absolute Gasteiger partial charge is 0.379 e. The van der Waals surface area contributed by atoms with Crippen molar-refractivity contribution in [2.45, 2.75) is 0 Å². The number of rotatable bonds is 2. The lowest BCUT2D eigenvalue weighted by molar-refractivity contribution is 0.0701. The SMILES string of the molecule is O=C(Oc1cccc(Br)c1)c1ccco1. The Labute approximate surface area is 94.8 Å². The molecule has 0 saturated carbocycles. The summed E-state index contributed by atoms with van der Waals surface area (Å²) in [5.74, 6) is 0.166. The Bertz CT molecular complexity index is 462. The minimum absolute atomic E-state index is 0.190. The average Bonchev–Trinajstić information content (AvgIpc) is 2.70. The number of esters is 1. The number of carbonyl (C=O) groups is 1. The molecule has 1 aromatic carbocycles. The van der Waals surface area contributed by atoms with Crippen LogP contribution in [0.3, 0.4) is 0 Å². The molecular formula is C11H7BrO3. The molecule has 0 aliphatic rings. The zero-order chi connectivity index (χ0) is 10.7. The van der Waals surface area contributed by atoms with Gasteiger partial charge in [-0.1, -0.05) is 22.0 Å². The quantitative estimate of drug-likeness (QED) is 0.619. The monoisotopic (exact) mass is 266 g/mol. The second-order valence-electron chi connectivity index (χ2n) is 2.82. The highest BCUT2D eigenvalue weighted by Gasteiger charge is 2.10. The number of furan rings is 1. The lowest BCUT2D eigenvalue weighted by Gasteiger charge is -2.01. The number of benzene rings is 1. The third-order valence-electron chi connectivity index (χ3n) is 1.73. The van der Waals surface area contributed by atoms with E-state index >= 15 is 0 Å². The van der Waals surface area contributed by atoms with Crippen molar-refractivity contribution in [2.75, 3.05) is 0 Å². The molecule has 0 aliphatic carbocycles. The van der Waals surface area contributed by atoms with Gasteiger partial charge in [0.05, 0.1) is 6.26 Å². The van der Waals surface area contributed by atoms with E-state index in [0.29, 0.717) is 5.75 Å². The van der Waals surface area contributed by atoms with Gasteiger partial charge in [0.2, 0.25) is 5.76 Å². The molecule has 0 N–H and O–H groups in total. The maximum Gasteiger partial charge on any atom is 0.379 e. The molecule has 0 atom stereocenters. The molecule has 2 aromatic rings. The van der Waals surface area contributed by atoms with Gasteiger partial charge in [0.1, 0.15) is 5.75 Å². The normalized spacial score (nSPS) is 9.93. The van der Waals surface area contributed by atoms with Crippen molar-refractivity contribution < 1.29 is 13.9 Å². The average molecular weight is 267 g/mol. The summed E-state index contributed by atoms with van der Waals surface area (Å²) in [5.41, 5.74) is 0. The van der Waals surface area contributed by atoms with Crippen LogP contribution in [0.25, 0.3) is 0 Å². The molecular weight excluding hydrogens is 260 g/mol. The van der Waals surface area contributed by atoms with Crippen molar-refractivity contribution in [2.24, 2.45) is 0 Å². The van der Waals surface area contributed by atoms with Crippen molar-refractivity contribution >= 4 is 21.9 Å². The van der Waals surface area contributed by atoms with E-state index in [-0.39, 0.29) is 5.76 Å². The van der Waals surface area contributed by atoms with E-state index in [1.54, 1.807) is 30.3 Å². The van der Waals surface area contributed by atoms with Crippen LogP contribution in [0, 0.1) is 0 Å². The highest BCUT2D eigenvalue weighted by atomic mass is 79.9. The minimum Gasteiger partial charge on any atom is -0.457 e. The first-order valence-corrected chi connectivity index (χ1v) is 5.06. The van der Waals surface area contributed by atoms with Crippen molar-refractivity contribution in [1.82, 2.24) is 0 Å². The zero-order valence-corrected chi connectivity index (χ0v) is 9.23. The first kappa shape index (κ1) is 9.98. The van der Waals surface area contributed by atoms with Crippen molar-refractivity contribution in [3.63, 3.8) is 0 Å². The fraction of sp³-hybridized carbons (Fsp3) is 0. The summed E-state index contributed by atoms with van der Waals surface area (Å²) in [6, 6.07) is 10.2. The van der Waals surface area contributed by atoms with Crippen LogP contribution in [0.4, 0.5) is 0 Å². The van der Waals surface area contributed by atoms with Crippen LogP contribution in [0.5, 0.6) is 5.75 Å². The Morgan fingerprint density at radius 3 is 2.80 bits per heavy atom. The lowest BCUT2D eigenvalue weighted by atomic mass is 10.3. The van der Waals surface area contributed by atoms with Gasteiger partial charge in [-0.3, -0.25) is 0 Å². The molecule has 0 amide bonds. The van der Waals surface area contributed by atoms with Gasteiger partial charge in [-0.15, -0.1) is 0 Å². The van der Waals surface area contributed by atoms with Gasteiger partial charge in [-0.05, 0) is 30.3 Å². The van der Waals surface area contributed by atoms with E-state index in [9.17, 15) is 4.79 Å². The molecule has 0 spiro atoms. The van der Waals surface area contributed by atoms with Crippen LogP contribution < -0.4 is 4.74 Å². The predicted molar refractivity (Wildman–Crippen MR) is 57.8 cm³/mol.